The molecule has 1 rings (SSSR count). The molecule has 1 heterocycles. The molecule has 0 radical (unpaired) electrons. The Kier molecular flexibility index (Phi) is 4.94. The van der Waals surface area contributed by atoms with Gasteiger partial charge in [-0.2, -0.15) is 0 Å². The molecule has 0 aliphatic heterocycles. The van der Waals surface area contributed by atoms with Crippen molar-refractivity contribution in [3.05, 3.63) is 23.0 Å². The molecule has 1 amide bonds. The highest BCUT2D eigenvalue weighted by Gasteiger charge is 2.22. The lowest BCUT2D eigenvalue weighted by Crippen LogP contribution is -2.41. The van der Waals surface area contributed by atoms with Crippen LogP contribution in [0.4, 0.5) is 0 Å². The first-order valence-corrected chi connectivity index (χ1v) is 5.76. The fourth-order valence-corrected chi connectivity index (χ4v) is 1.76. The number of halogens is 1. The molecule has 1 aromatic rings. The Morgan fingerprint density at radius 2 is 2.05 bits per heavy atom. The van der Waals surface area contributed by atoms with Crippen molar-refractivity contribution in [2.24, 2.45) is 7.05 Å². The Morgan fingerprint density at radius 1 is 1.42 bits per heavy atom. The Balaban J connectivity index is 2.74. The molecule has 0 aliphatic rings. The Labute approximate surface area is 113 Å². The van der Waals surface area contributed by atoms with E-state index in [-0.39, 0.29) is 18.5 Å². The van der Waals surface area contributed by atoms with Crippen molar-refractivity contribution in [1.29, 1.82) is 0 Å². The number of hydrogen-bond donors (Lipinski definition) is 3. The quantitative estimate of drug-likeness (QED) is 0.715. The summed E-state index contributed by atoms with van der Waals surface area (Å²) in [5, 5.41) is 20.0. The minimum absolute atomic E-state index is 0.186. The molecule has 0 fully saturated rings. The van der Waals surface area contributed by atoms with Gasteiger partial charge >= 0.3 is 11.9 Å². The molecule has 0 aliphatic carbocycles. The molecule has 1 atom stereocenters. The summed E-state index contributed by atoms with van der Waals surface area (Å²) in [7, 11) is 1.59. The van der Waals surface area contributed by atoms with Crippen LogP contribution in [0.15, 0.2) is 12.3 Å². The highest BCUT2D eigenvalue weighted by molar-refractivity contribution is 6.31. The summed E-state index contributed by atoms with van der Waals surface area (Å²) in [6.07, 6.45) is 0.975. The van der Waals surface area contributed by atoms with Gasteiger partial charge in [0.25, 0.3) is 5.91 Å². The lowest BCUT2D eigenvalue weighted by atomic mass is 10.1. The number of amides is 1. The van der Waals surface area contributed by atoms with E-state index in [1.54, 1.807) is 7.05 Å². The molecular weight excluding hydrogens is 276 g/mol. The summed E-state index contributed by atoms with van der Waals surface area (Å²) in [6, 6.07) is 0.143. The summed E-state index contributed by atoms with van der Waals surface area (Å²) in [6.45, 7) is 0. The zero-order chi connectivity index (χ0) is 14.6. The van der Waals surface area contributed by atoms with E-state index in [9.17, 15) is 14.4 Å². The smallest absolute Gasteiger partial charge is 0.326 e. The van der Waals surface area contributed by atoms with Gasteiger partial charge in [-0.1, -0.05) is 11.6 Å². The predicted molar refractivity (Wildman–Crippen MR) is 66.2 cm³/mol. The maximum Gasteiger partial charge on any atom is 0.326 e. The number of carbonyl (C=O) groups is 3. The highest BCUT2D eigenvalue weighted by Crippen LogP contribution is 2.13. The molecule has 0 bridgehead atoms. The Bertz CT molecular complexity index is 511. The average Bonchev–Trinajstić information content (AvgIpc) is 2.62. The van der Waals surface area contributed by atoms with E-state index in [1.807, 2.05) is 0 Å². The number of nitrogens with zero attached hydrogens (tertiary/aromatic N) is 1. The molecule has 1 aromatic heterocycles. The van der Waals surface area contributed by atoms with Crippen LogP contribution in [-0.2, 0) is 16.6 Å². The SMILES string of the molecule is Cn1cc(Cl)cc1C(=O)N[C@@H](CCC(=O)O)C(=O)O. The second kappa shape index (κ2) is 6.24. The molecule has 3 N–H and O–H groups in total. The van der Waals surface area contributed by atoms with Crippen molar-refractivity contribution in [3.63, 3.8) is 0 Å². The van der Waals surface area contributed by atoms with E-state index in [0.717, 1.165) is 0 Å². The van der Waals surface area contributed by atoms with Gasteiger partial charge in [-0.3, -0.25) is 9.59 Å². The molecule has 0 aromatic carbocycles. The number of nitrogens with one attached hydrogen (secondary N) is 1. The third-order valence-electron chi connectivity index (χ3n) is 2.45. The number of carbonyl (C=O) groups excluding carboxylic acids is 1. The normalized spacial score (nSPS) is 11.9. The van der Waals surface area contributed by atoms with E-state index in [1.165, 1.54) is 16.8 Å². The first kappa shape index (κ1) is 15.0. The molecule has 0 saturated carbocycles. The molecular formula is C11H13ClN2O5. The van der Waals surface area contributed by atoms with Crippen molar-refractivity contribution >= 4 is 29.4 Å². The van der Waals surface area contributed by atoms with Gasteiger partial charge in [0, 0.05) is 19.7 Å². The topological polar surface area (TPSA) is 109 Å². The number of aromatic nitrogens is 1. The Morgan fingerprint density at radius 3 is 2.47 bits per heavy atom. The summed E-state index contributed by atoms with van der Waals surface area (Å²) in [4.78, 5) is 33.2. The standard InChI is InChI=1S/C11H13ClN2O5/c1-14-5-6(12)4-8(14)10(17)13-7(11(18)19)2-3-9(15)16/h4-5,7H,2-3H2,1H3,(H,13,17)(H,15,16)(H,18,19)/t7-/m0/s1. The molecule has 8 heteroatoms. The molecule has 19 heavy (non-hydrogen) atoms. The largest absolute Gasteiger partial charge is 0.481 e. The van der Waals surface area contributed by atoms with E-state index in [0.29, 0.717) is 5.02 Å². The van der Waals surface area contributed by atoms with Crippen LogP contribution in [0.1, 0.15) is 23.3 Å². The zero-order valence-electron chi connectivity index (χ0n) is 10.1. The highest BCUT2D eigenvalue weighted by atomic mass is 35.5. The molecule has 0 spiro atoms. The van der Waals surface area contributed by atoms with Crippen LogP contribution in [-0.4, -0.2) is 38.7 Å². The minimum Gasteiger partial charge on any atom is -0.481 e. The maximum absolute atomic E-state index is 11.8. The third-order valence-corrected chi connectivity index (χ3v) is 2.66. The molecule has 7 nitrogen and oxygen atoms in total. The van der Waals surface area contributed by atoms with E-state index in [4.69, 9.17) is 21.8 Å². The summed E-state index contributed by atoms with van der Waals surface area (Å²) in [5.41, 5.74) is 0.201. The van der Waals surface area contributed by atoms with Crippen LogP contribution >= 0.6 is 11.6 Å². The van der Waals surface area contributed by atoms with Crippen molar-refractivity contribution in [1.82, 2.24) is 9.88 Å². The fraction of sp³-hybridized carbons (Fsp3) is 0.364. The van der Waals surface area contributed by atoms with Gasteiger partial charge < -0.3 is 20.1 Å². The van der Waals surface area contributed by atoms with Gasteiger partial charge in [0.15, 0.2) is 0 Å². The van der Waals surface area contributed by atoms with Gasteiger partial charge in [0.2, 0.25) is 0 Å². The summed E-state index contributed by atoms with van der Waals surface area (Å²) >= 11 is 5.72. The van der Waals surface area contributed by atoms with E-state index >= 15 is 0 Å². The number of aliphatic carboxylic acids is 2. The van der Waals surface area contributed by atoms with Gasteiger partial charge in [-0.05, 0) is 12.5 Å². The van der Waals surface area contributed by atoms with Gasteiger partial charge in [0.1, 0.15) is 11.7 Å². The zero-order valence-corrected chi connectivity index (χ0v) is 10.8. The van der Waals surface area contributed by atoms with Gasteiger partial charge in [0.05, 0.1) is 5.02 Å². The van der Waals surface area contributed by atoms with Crippen molar-refractivity contribution in [2.45, 2.75) is 18.9 Å². The number of hydrogen-bond acceptors (Lipinski definition) is 3. The van der Waals surface area contributed by atoms with Crippen LogP contribution < -0.4 is 5.32 Å². The molecule has 104 valence electrons. The number of rotatable bonds is 6. The van der Waals surface area contributed by atoms with Crippen LogP contribution in [0, 0.1) is 0 Å². The summed E-state index contributed by atoms with van der Waals surface area (Å²) in [5.74, 6) is -3.02. The van der Waals surface area contributed by atoms with E-state index in [2.05, 4.69) is 5.32 Å². The predicted octanol–water partition coefficient (Wildman–Crippen LogP) is 0.726. The van der Waals surface area contributed by atoms with Crippen molar-refractivity contribution in [2.75, 3.05) is 0 Å². The molecule has 0 unspecified atom stereocenters. The van der Waals surface area contributed by atoms with E-state index < -0.39 is 23.9 Å². The Hall–Kier alpha value is -2.02. The maximum atomic E-state index is 11.8. The van der Waals surface area contributed by atoms with Gasteiger partial charge in [-0.15, -0.1) is 0 Å². The second-order valence-electron chi connectivity index (χ2n) is 3.95. The lowest BCUT2D eigenvalue weighted by Gasteiger charge is -2.13. The molecule has 0 saturated heterocycles. The van der Waals surface area contributed by atoms with Crippen LogP contribution in [0.2, 0.25) is 5.02 Å². The minimum atomic E-state index is -1.28. The van der Waals surface area contributed by atoms with Crippen LogP contribution in [0.3, 0.4) is 0 Å². The number of carboxylic acid groups (broad SMARTS) is 2. The fourth-order valence-electron chi connectivity index (χ4n) is 1.51. The lowest BCUT2D eigenvalue weighted by molar-refractivity contribution is -0.140. The summed E-state index contributed by atoms with van der Waals surface area (Å²) < 4.78 is 1.45. The second-order valence-corrected chi connectivity index (χ2v) is 4.39. The van der Waals surface area contributed by atoms with Gasteiger partial charge in [-0.25, -0.2) is 4.79 Å². The first-order valence-electron chi connectivity index (χ1n) is 5.38. The first-order chi connectivity index (χ1) is 8.81. The number of carboxylic acids is 2. The average molecular weight is 289 g/mol. The van der Waals surface area contributed by atoms with Crippen molar-refractivity contribution in [3.8, 4) is 0 Å². The van der Waals surface area contributed by atoms with Crippen molar-refractivity contribution < 1.29 is 24.6 Å². The third kappa shape index (κ3) is 4.29. The van der Waals surface area contributed by atoms with Crippen LogP contribution in [0.5, 0.6) is 0 Å². The monoisotopic (exact) mass is 288 g/mol. The number of aryl methyl sites for hydroxylation is 1. The van der Waals surface area contributed by atoms with Crippen LogP contribution in [0.25, 0.3) is 0 Å².